The Hall–Kier alpha value is -1.85. The van der Waals surface area contributed by atoms with Crippen LogP contribution in [0.3, 0.4) is 0 Å². The molecule has 112 valence electrons. The highest BCUT2D eigenvalue weighted by Gasteiger charge is 2.17. The molecule has 0 amide bonds. The van der Waals surface area contributed by atoms with E-state index < -0.39 is 10.0 Å². The highest BCUT2D eigenvalue weighted by molar-refractivity contribution is 7.89. The predicted molar refractivity (Wildman–Crippen MR) is 85.9 cm³/mol. The number of para-hydroxylation sites is 1. The Morgan fingerprint density at radius 1 is 1.05 bits per heavy atom. The SMILES string of the molecule is CNS(=O)(=O)c1ccccc1NC(C)c1cccc(C)c1. The normalized spacial score (nSPS) is 12.9. The van der Waals surface area contributed by atoms with Gasteiger partial charge in [0.15, 0.2) is 0 Å². The van der Waals surface area contributed by atoms with E-state index in [0.717, 1.165) is 5.56 Å². The van der Waals surface area contributed by atoms with Crippen molar-refractivity contribution in [3.63, 3.8) is 0 Å². The first-order chi connectivity index (χ1) is 9.94. The van der Waals surface area contributed by atoms with Crippen LogP contribution in [0.4, 0.5) is 5.69 Å². The van der Waals surface area contributed by atoms with E-state index in [1.54, 1.807) is 18.2 Å². The fourth-order valence-electron chi connectivity index (χ4n) is 2.19. The highest BCUT2D eigenvalue weighted by atomic mass is 32.2. The van der Waals surface area contributed by atoms with Gasteiger partial charge in [-0.25, -0.2) is 13.1 Å². The molecule has 0 fully saturated rings. The lowest BCUT2D eigenvalue weighted by Gasteiger charge is -2.18. The summed E-state index contributed by atoms with van der Waals surface area (Å²) in [5.41, 5.74) is 2.89. The average molecular weight is 304 g/mol. The molecule has 4 nitrogen and oxygen atoms in total. The molecule has 0 saturated heterocycles. The number of aryl methyl sites for hydroxylation is 1. The maximum atomic E-state index is 12.0. The molecule has 0 bridgehead atoms. The smallest absolute Gasteiger partial charge is 0.242 e. The molecule has 0 aliphatic rings. The molecule has 2 rings (SSSR count). The lowest BCUT2D eigenvalue weighted by atomic mass is 10.1. The van der Waals surface area contributed by atoms with Crippen LogP contribution >= 0.6 is 0 Å². The highest BCUT2D eigenvalue weighted by Crippen LogP contribution is 2.25. The second-order valence-electron chi connectivity index (χ2n) is 4.98. The standard InChI is InChI=1S/C16H20N2O2S/c1-12-7-6-8-14(11-12)13(2)18-15-9-4-5-10-16(15)21(19,20)17-3/h4-11,13,17-18H,1-3H3. The zero-order chi connectivity index (χ0) is 15.5. The van der Waals surface area contributed by atoms with Gasteiger partial charge in [-0.3, -0.25) is 0 Å². The van der Waals surface area contributed by atoms with E-state index in [1.807, 2.05) is 38.1 Å². The molecule has 0 spiro atoms. The van der Waals surface area contributed by atoms with Crippen LogP contribution in [0.2, 0.25) is 0 Å². The van der Waals surface area contributed by atoms with E-state index in [-0.39, 0.29) is 10.9 Å². The van der Waals surface area contributed by atoms with E-state index in [2.05, 4.69) is 16.1 Å². The summed E-state index contributed by atoms with van der Waals surface area (Å²) in [6.07, 6.45) is 0. The van der Waals surface area contributed by atoms with Gasteiger partial charge in [-0.2, -0.15) is 0 Å². The number of benzene rings is 2. The Bertz CT molecular complexity index is 727. The molecule has 0 aliphatic carbocycles. The molecule has 0 aliphatic heterocycles. The van der Waals surface area contributed by atoms with Crippen LogP contribution < -0.4 is 10.0 Å². The van der Waals surface area contributed by atoms with Crippen molar-refractivity contribution in [1.82, 2.24) is 4.72 Å². The van der Waals surface area contributed by atoms with Gasteiger partial charge in [-0.05, 0) is 38.6 Å². The molecular formula is C16H20N2O2S. The van der Waals surface area contributed by atoms with E-state index in [0.29, 0.717) is 5.69 Å². The Morgan fingerprint density at radius 3 is 2.43 bits per heavy atom. The summed E-state index contributed by atoms with van der Waals surface area (Å²) in [7, 11) is -2.06. The van der Waals surface area contributed by atoms with Crippen LogP contribution in [0.15, 0.2) is 53.4 Å². The van der Waals surface area contributed by atoms with Crippen LogP contribution in [0.5, 0.6) is 0 Å². The summed E-state index contributed by atoms with van der Waals surface area (Å²) in [6.45, 7) is 4.05. The van der Waals surface area contributed by atoms with Gasteiger partial charge in [0.25, 0.3) is 0 Å². The van der Waals surface area contributed by atoms with Crippen molar-refractivity contribution >= 4 is 15.7 Å². The number of hydrogen-bond acceptors (Lipinski definition) is 3. The number of nitrogens with one attached hydrogen (secondary N) is 2. The van der Waals surface area contributed by atoms with Crippen molar-refractivity contribution in [3.8, 4) is 0 Å². The zero-order valence-corrected chi connectivity index (χ0v) is 13.2. The van der Waals surface area contributed by atoms with Crippen molar-refractivity contribution in [3.05, 3.63) is 59.7 Å². The van der Waals surface area contributed by atoms with Gasteiger partial charge in [0.05, 0.1) is 5.69 Å². The third-order valence-electron chi connectivity index (χ3n) is 3.36. The summed E-state index contributed by atoms with van der Waals surface area (Å²) in [5.74, 6) is 0. The van der Waals surface area contributed by atoms with E-state index in [9.17, 15) is 8.42 Å². The second-order valence-corrected chi connectivity index (χ2v) is 6.84. The largest absolute Gasteiger partial charge is 0.377 e. The molecule has 0 saturated carbocycles. The maximum Gasteiger partial charge on any atom is 0.242 e. The quantitative estimate of drug-likeness (QED) is 0.892. The molecule has 0 radical (unpaired) electrons. The Kier molecular flexibility index (Phi) is 4.65. The van der Waals surface area contributed by atoms with Crippen LogP contribution in [0, 0.1) is 6.92 Å². The fraction of sp³-hybridized carbons (Fsp3) is 0.250. The van der Waals surface area contributed by atoms with Crippen molar-refractivity contribution in [2.24, 2.45) is 0 Å². The molecule has 1 unspecified atom stereocenters. The summed E-state index contributed by atoms with van der Waals surface area (Å²) < 4.78 is 26.4. The minimum absolute atomic E-state index is 0.0121. The monoisotopic (exact) mass is 304 g/mol. The fourth-order valence-corrected chi connectivity index (χ4v) is 3.08. The summed E-state index contributed by atoms with van der Waals surface area (Å²) in [4.78, 5) is 0.256. The van der Waals surface area contributed by atoms with Gasteiger partial charge in [0.1, 0.15) is 4.90 Å². The number of anilines is 1. The van der Waals surface area contributed by atoms with Crippen LogP contribution in [-0.4, -0.2) is 15.5 Å². The van der Waals surface area contributed by atoms with Crippen molar-refractivity contribution in [1.29, 1.82) is 0 Å². The Balaban J connectivity index is 2.32. The Labute approximate surface area is 126 Å². The van der Waals surface area contributed by atoms with Gasteiger partial charge >= 0.3 is 0 Å². The number of hydrogen-bond donors (Lipinski definition) is 2. The zero-order valence-electron chi connectivity index (χ0n) is 12.4. The van der Waals surface area contributed by atoms with Crippen LogP contribution in [0.25, 0.3) is 0 Å². The first-order valence-electron chi connectivity index (χ1n) is 6.79. The Morgan fingerprint density at radius 2 is 1.76 bits per heavy atom. The van der Waals surface area contributed by atoms with Crippen molar-refractivity contribution in [2.45, 2.75) is 24.8 Å². The van der Waals surface area contributed by atoms with Crippen molar-refractivity contribution in [2.75, 3.05) is 12.4 Å². The number of rotatable bonds is 5. The van der Waals surface area contributed by atoms with E-state index >= 15 is 0 Å². The first-order valence-corrected chi connectivity index (χ1v) is 8.28. The minimum atomic E-state index is -3.48. The summed E-state index contributed by atoms with van der Waals surface area (Å²) in [5, 5.41) is 3.28. The molecular weight excluding hydrogens is 284 g/mol. The predicted octanol–water partition coefficient (Wildman–Crippen LogP) is 3.08. The van der Waals surface area contributed by atoms with Gasteiger partial charge < -0.3 is 5.32 Å². The topological polar surface area (TPSA) is 58.2 Å². The number of sulfonamides is 1. The lowest BCUT2D eigenvalue weighted by Crippen LogP contribution is -2.20. The molecule has 1 atom stereocenters. The second kappa shape index (κ2) is 6.28. The molecule has 2 N–H and O–H groups in total. The third kappa shape index (κ3) is 3.62. The molecule has 2 aromatic carbocycles. The summed E-state index contributed by atoms with van der Waals surface area (Å²) >= 11 is 0. The van der Waals surface area contributed by atoms with E-state index in [4.69, 9.17) is 0 Å². The van der Waals surface area contributed by atoms with Gasteiger partial charge in [-0.1, -0.05) is 42.0 Å². The molecule has 5 heteroatoms. The van der Waals surface area contributed by atoms with E-state index in [1.165, 1.54) is 12.6 Å². The van der Waals surface area contributed by atoms with Gasteiger partial charge in [0, 0.05) is 6.04 Å². The first kappa shape index (κ1) is 15.5. The maximum absolute atomic E-state index is 12.0. The molecule has 2 aromatic rings. The third-order valence-corrected chi connectivity index (χ3v) is 4.83. The van der Waals surface area contributed by atoms with Crippen molar-refractivity contribution < 1.29 is 8.42 Å². The van der Waals surface area contributed by atoms with Gasteiger partial charge in [0.2, 0.25) is 10.0 Å². The molecule has 0 heterocycles. The van der Waals surface area contributed by atoms with Crippen LogP contribution in [0.1, 0.15) is 24.1 Å². The molecule has 21 heavy (non-hydrogen) atoms. The van der Waals surface area contributed by atoms with Crippen LogP contribution in [-0.2, 0) is 10.0 Å². The minimum Gasteiger partial charge on any atom is -0.377 e. The summed E-state index contributed by atoms with van der Waals surface area (Å²) in [6, 6.07) is 15.1. The molecule has 0 aromatic heterocycles. The lowest BCUT2D eigenvalue weighted by molar-refractivity contribution is 0.588. The average Bonchev–Trinajstić information content (AvgIpc) is 2.47. The van der Waals surface area contributed by atoms with Gasteiger partial charge in [-0.15, -0.1) is 0 Å².